The predicted molar refractivity (Wildman–Crippen MR) is 113 cm³/mol. The largest absolute Gasteiger partial charge is 0.358 e. The van der Waals surface area contributed by atoms with E-state index in [2.05, 4.69) is 41.4 Å². The zero-order valence-corrected chi connectivity index (χ0v) is 16.4. The number of hydrogen-bond donors (Lipinski definition) is 2. The number of H-pyrrole nitrogens is 1. The monoisotopic (exact) mass is 372 g/mol. The fourth-order valence-electron chi connectivity index (χ4n) is 3.76. The highest BCUT2D eigenvalue weighted by atomic mass is 16.1. The SMILES string of the molecule is Cc1cc(C)c2[nH]c(C)c(CC(=O)Nc3cccc(Cn4cccn4)c3)c2c1. The highest BCUT2D eigenvalue weighted by Crippen LogP contribution is 2.27. The van der Waals surface area contributed by atoms with Gasteiger partial charge in [-0.3, -0.25) is 9.48 Å². The molecule has 0 fully saturated rings. The molecule has 0 saturated heterocycles. The third-order valence-electron chi connectivity index (χ3n) is 5.02. The van der Waals surface area contributed by atoms with Gasteiger partial charge in [0.25, 0.3) is 0 Å². The quantitative estimate of drug-likeness (QED) is 0.541. The van der Waals surface area contributed by atoms with Crippen molar-refractivity contribution >= 4 is 22.5 Å². The van der Waals surface area contributed by atoms with Gasteiger partial charge in [-0.15, -0.1) is 0 Å². The number of nitrogens with zero attached hydrogens (tertiary/aromatic N) is 2. The van der Waals surface area contributed by atoms with E-state index in [-0.39, 0.29) is 5.91 Å². The first-order valence-corrected chi connectivity index (χ1v) is 9.44. The van der Waals surface area contributed by atoms with E-state index in [9.17, 15) is 4.79 Å². The molecular formula is C23H24N4O. The molecule has 0 saturated carbocycles. The van der Waals surface area contributed by atoms with Crippen LogP contribution < -0.4 is 5.32 Å². The van der Waals surface area contributed by atoms with Crippen LogP contribution in [-0.2, 0) is 17.8 Å². The highest BCUT2D eigenvalue weighted by molar-refractivity contribution is 5.97. The summed E-state index contributed by atoms with van der Waals surface area (Å²) in [5, 5.41) is 8.41. The molecule has 0 unspecified atom stereocenters. The van der Waals surface area contributed by atoms with Crippen molar-refractivity contribution in [3.63, 3.8) is 0 Å². The van der Waals surface area contributed by atoms with Gasteiger partial charge < -0.3 is 10.3 Å². The van der Waals surface area contributed by atoms with Crippen LogP contribution in [0.5, 0.6) is 0 Å². The molecule has 4 rings (SSSR count). The lowest BCUT2D eigenvalue weighted by molar-refractivity contribution is -0.115. The average Bonchev–Trinajstić information content (AvgIpc) is 3.25. The average molecular weight is 372 g/mol. The molecule has 5 nitrogen and oxygen atoms in total. The van der Waals surface area contributed by atoms with E-state index in [1.165, 1.54) is 11.1 Å². The van der Waals surface area contributed by atoms with E-state index < -0.39 is 0 Å². The topological polar surface area (TPSA) is 62.7 Å². The molecule has 5 heteroatoms. The molecule has 0 atom stereocenters. The first kappa shape index (κ1) is 18.0. The van der Waals surface area contributed by atoms with Gasteiger partial charge in [-0.05, 0) is 61.7 Å². The third-order valence-corrected chi connectivity index (χ3v) is 5.02. The van der Waals surface area contributed by atoms with Crippen LogP contribution in [0, 0.1) is 20.8 Å². The molecule has 2 N–H and O–H groups in total. The molecule has 0 radical (unpaired) electrons. The van der Waals surface area contributed by atoms with Gasteiger partial charge in [0, 0.05) is 34.7 Å². The Morgan fingerprint density at radius 3 is 2.79 bits per heavy atom. The molecule has 28 heavy (non-hydrogen) atoms. The van der Waals surface area contributed by atoms with Gasteiger partial charge in [-0.2, -0.15) is 5.10 Å². The van der Waals surface area contributed by atoms with Gasteiger partial charge in [0.05, 0.1) is 13.0 Å². The van der Waals surface area contributed by atoms with Crippen LogP contribution in [0.2, 0.25) is 0 Å². The summed E-state index contributed by atoms with van der Waals surface area (Å²) in [5.41, 5.74) is 7.54. The number of aromatic amines is 1. The van der Waals surface area contributed by atoms with Crippen molar-refractivity contribution in [3.8, 4) is 0 Å². The lowest BCUT2D eigenvalue weighted by atomic mass is 10.0. The fraction of sp³-hybridized carbons (Fsp3) is 0.217. The van der Waals surface area contributed by atoms with E-state index in [0.717, 1.165) is 33.4 Å². The van der Waals surface area contributed by atoms with Crippen LogP contribution in [0.4, 0.5) is 5.69 Å². The minimum absolute atomic E-state index is 0.0144. The van der Waals surface area contributed by atoms with E-state index in [4.69, 9.17) is 0 Å². The molecule has 0 aliphatic carbocycles. The standard InChI is InChI=1S/C23H24N4O/c1-15-10-16(2)23-21(11-15)20(17(3)25-23)13-22(28)26-19-7-4-6-18(12-19)14-27-9-5-8-24-27/h4-12,25H,13-14H2,1-3H3,(H,26,28). The number of rotatable bonds is 5. The van der Waals surface area contributed by atoms with Crippen molar-refractivity contribution in [2.45, 2.75) is 33.7 Å². The summed E-state index contributed by atoms with van der Waals surface area (Å²) in [4.78, 5) is 16.2. The molecular weight excluding hydrogens is 348 g/mol. The molecule has 0 aliphatic heterocycles. The summed E-state index contributed by atoms with van der Waals surface area (Å²) < 4.78 is 1.86. The second-order valence-electron chi connectivity index (χ2n) is 7.36. The maximum atomic E-state index is 12.7. The van der Waals surface area contributed by atoms with Gasteiger partial charge in [0.2, 0.25) is 5.91 Å². The molecule has 2 aromatic heterocycles. The Kier molecular flexibility index (Phi) is 4.74. The summed E-state index contributed by atoms with van der Waals surface area (Å²) in [6.45, 7) is 6.89. The van der Waals surface area contributed by atoms with Gasteiger partial charge >= 0.3 is 0 Å². The van der Waals surface area contributed by atoms with Crippen molar-refractivity contribution in [2.24, 2.45) is 0 Å². The number of hydrogen-bond acceptors (Lipinski definition) is 2. The zero-order valence-electron chi connectivity index (χ0n) is 16.4. The Bertz CT molecular complexity index is 1140. The predicted octanol–water partition coefficient (Wildman–Crippen LogP) is 4.52. The number of nitrogens with one attached hydrogen (secondary N) is 2. The number of benzene rings is 2. The van der Waals surface area contributed by atoms with Gasteiger partial charge in [0.1, 0.15) is 0 Å². The molecule has 1 amide bonds. The Morgan fingerprint density at radius 1 is 1.14 bits per heavy atom. The van der Waals surface area contributed by atoms with Crippen LogP contribution in [0.25, 0.3) is 10.9 Å². The Balaban J connectivity index is 1.52. The summed E-state index contributed by atoms with van der Waals surface area (Å²) in [7, 11) is 0. The third kappa shape index (κ3) is 3.69. The summed E-state index contributed by atoms with van der Waals surface area (Å²) in [5.74, 6) is -0.0144. The Morgan fingerprint density at radius 2 is 2.00 bits per heavy atom. The molecule has 142 valence electrons. The second-order valence-corrected chi connectivity index (χ2v) is 7.36. The molecule has 4 aromatic rings. The van der Waals surface area contributed by atoms with E-state index in [1.54, 1.807) is 6.20 Å². The second kappa shape index (κ2) is 7.35. The van der Waals surface area contributed by atoms with E-state index in [1.807, 2.05) is 48.1 Å². The number of carbonyl (C=O) groups excluding carboxylic acids is 1. The minimum atomic E-state index is -0.0144. The minimum Gasteiger partial charge on any atom is -0.358 e. The van der Waals surface area contributed by atoms with Crippen molar-refractivity contribution in [2.75, 3.05) is 5.32 Å². The number of fused-ring (bicyclic) bond motifs is 1. The maximum Gasteiger partial charge on any atom is 0.228 e. The lowest BCUT2D eigenvalue weighted by Crippen LogP contribution is -2.15. The number of aromatic nitrogens is 3. The Labute approximate surface area is 164 Å². The zero-order chi connectivity index (χ0) is 19.7. The molecule has 0 aliphatic rings. The van der Waals surface area contributed by atoms with Crippen molar-refractivity contribution in [3.05, 3.63) is 82.8 Å². The van der Waals surface area contributed by atoms with Gasteiger partial charge in [0.15, 0.2) is 0 Å². The summed E-state index contributed by atoms with van der Waals surface area (Å²) in [6, 6.07) is 14.1. The first-order valence-electron chi connectivity index (χ1n) is 9.44. The van der Waals surface area contributed by atoms with Gasteiger partial charge in [-0.1, -0.05) is 23.8 Å². The lowest BCUT2D eigenvalue weighted by Gasteiger charge is -2.08. The van der Waals surface area contributed by atoms with Crippen LogP contribution in [0.15, 0.2) is 54.9 Å². The van der Waals surface area contributed by atoms with Crippen molar-refractivity contribution < 1.29 is 4.79 Å². The summed E-state index contributed by atoms with van der Waals surface area (Å²) in [6.07, 6.45) is 4.03. The number of aryl methyl sites for hydroxylation is 3. The first-order chi connectivity index (χ1) is 13.5. The molecule has 0 bridgehead atoms. The number of amides is 1. The molecule has 2 aromatic carbocycles. The van der Waals surface area contributed by atoms with Crippen LogP contribution in [-0.4, -0.2) is 20.7 Å². The van der Waals surface area contributed by atoms with E-state index >= 15 is 0 Å². The number of carbonyl (C=O) groups is 1. The maximum absolute atomic E-state index is 12.7. The van der Waals surface area contributed by atoms with Crippen molar-refractivity contribution in [1.82, 2.24) is 14.8 Å². The fourth-order valence-corrected chi connectivity index (χ4v) is 3.76. The van der Waals surface area contributed by atoms with E-state index in [0.29, 0.717) is 13.0 Å². The number of anilines is 1. The van der Waals surface area contributed by atoms with Crippen LogP contribution >= 0.6 is 0 Å². The normalized spacial score (nSPS) is 11.1. The molecule has 2 heterocycles. The smallest absolute Gasteiger partial charge is 0.228 e. The van der Waals surface area contributed by atoms with Crippen LogP contribution in [0.3, 0.4) is 0 Å². The van der Waals surface area contributed by atoms with Crippen molar-refractivity contribution in [1.29, 1.82) is 0 Å². The van der Waals surface area contributed by atoms with Crippen LogP contribution in [0.1, 0.15) is 27.9 Å². The molecule has 0 spiro atoms. The highest BCUT2D eigenvalue weighted by Gasteiger charge is 2.14. The van der Waals surface area contributed by atoms with Gasteiger partial charge in [-0.25, -0.2) is 0 Å². The summed E-state index contributed by atoms with van der Waals surface area (Å²) >= 11 is 0. The Hall–Kier alpha value is -3.34.